The summed E-state index contributed by atoms with van der Waals surface area (Å²) in [5.41, 5.74) is 2.67. The van der Waals surface area contributed by atoms with Crippen molar-refractivity contribution < 1.29 is 12.4 Å². The number of rotatable bonds is 3. The number of thioether (sulfide) groups is 1. The summed E-state index contributed by atoms with van der Waals surface area (Å²) in [6.07, 6.45) is 8.86. The summed E-state index contributed by atoms with van der Waals surface area (Å²) < 4.78 is 2.34. The highest BCUT2D eigenvalue weighted by molar-refractivity contribution is 7.97. The number of hydrogen-bond donors (Lipinski definition) is 0. The molecule has 0 amide bonds. The fourth-order valence-corrected chi connectivity index (χ4v) is 3.41. The molecule has 1 aromatic carbocycles. The number of fused-ring (bicyclic) bond motifs is 1. The summed E-state index contributed by atoms with van der Waals surface area (Å²) in [6.45, 7) is 0. The van der Waals surface area contributed by atoms with E-state index in [1.807, 2.05) is 17.8 Å². The third kappa shape index (κ3) is 3.08. The first-order valence-electron chi connectivity index (χ1n) is 5.00. The van der Waals surface area contributed by atoms with Gasteiger partial charge >= 0.3 is 0 Å². The zero-order valence-corrected chi connectivity index (χ0v) is 13.2. The van der Waals surface area contributed by atoms with Gasteiger partial charge in [0.05, 0.1) is 22.8 Å². The number of benzene rings is 1. The van der Waals surface area contributed by atoms with Crippen molar-refractivity contribution in [3.63, 3.8) is 0 Å². The average molecular weight is 308 g/mol. The maximum atomic E-state index is 6.07. The Kier molecular flexibility index (Phi) is 5.58. The van der Waals surface area contributed by atoms with Crippen LogP contribution in [0.3, 0.4) is 0 Å². The van der Waals surface area contributed by atoms with Crippen LogP contribution in [0.15, 0.2) is 24.4 Å². The highest BCUT2D eigenvalue weighted by atomic mass is 35.5. The van der Waals surface area contributed by atoms with Crippen molar-refractivity contribution in [3.8, 4) is 0 Å². The zero-order chi connectivity index (χ0) is 11.7. The van der Waals surface area contributed by atoms with E-state index in [4.69, 9.17) is 11.6 Å². The van der Waals surface area contributed by atoms with Crippen molar-refractivity contribution in [1.29, 1.82) is 0 Å². The van der Waals surface area contributed by atoms with Crippen LogP contribution in [0.25, 0.3) is 10.9 Å². The molecule has 0 bridgehead atoms. The highest BCUT2D eigenvalue weighted by Gasteiger charge is 2.15. The minimum atomic E-state index is 0. The van der Waals surface area contributed by atoms with E-state index in [0.29, 0.717) is 0 Å². The van der Waals surface area contributed by atoms with Crippen molar-refractivity contribution in [1.82, 2.24) is 3.97 Å². The molecule has 2 aromatic rings. The topological polar surface area (TPSA) is 4.93 Å². The standard InChI is InChI=1S/C12H15ClNS2.ClH/c1-15-8-9-7-14(16(2)3)12-5-4-10(13)6-11(9)12;/h4-7H,8H2,1-3H3;1H/q+1;/p-1. The highest BCUT2D eigenvalue weighted by Crippen LogP contribution is 2.28. The van der Waals surface area contributed by atoms with Crippen LogP contribution in [0.4, 0.5) is 0 Å². The third-order valence-electron chi connectivity index (χ3n) is 2.51. The third-order valence-corrected chi connectivity index (χ3v) is 4.43. The lowest BCUT2D eigenvalue weighted by molar-refractivity contribution is -0.00000329. The van der Waals surface area contributed by atoms with Crippen LogP contribution in [-0.2, 0) is 16.8 Å². The minimum Gasteiger partial charge on any atom is -1.00 e. The quantitative estimate of drug-likeness (QED) is 0.760. The van der Waals surface area contributed by atoms with Crippen LogP contribution in [0.2, 0.25) is 5.02 Å². The normalized spacial score (nSPS) is 10.9. The number of halogens is 2. The number of nitrogens with zero attached hydrogens (tertiary/aromatic N) is 1. The molecule has 1 nitrogen and oxygen atoms in total. The first kappa shape index (κ1) is 15.1. The second-order valence-corrected chi connectivity index (χ2v) is 7.09. The molecule has 94 valence electrons. The van der Waals surface area contributed by atoms with Gasteiger partial charge in [0.25, 0.3) is 0 Å². The molecular weight excluding hydrogens is 293 g/mol. The van der Waals surface area contributed by atoms with Gasteiger partial charge in [-0.15, -0.1) is 0 Å². The number of aromatic nitrogens is 1. The molecule has 0 saturated carbocycles. The predicted octanol–water partition coefficient (Wildman–Crippen LogP) is 0.803. The Labute approximate surface area is 121 Å². The first-order valence-corrected chi connectivity index (χ1v) is 8.77. The Morgan fingerprint density at radius 1 is 1.35 bits per heavy atom. The second-order valence-electron chi connectivity index (χ2n) is 3.85. The predicted molar refractivity (Wildman–Crippen MR) is 78.8 cm³/mol. The molecule has 0 aliphatic rings. The Bertz CT molecular complexity index is 508. The van der Waals surface area contributed by atoms with Gasteiger partial charge in [0, 0.05) is 16.2 Å². The fourth-order valence-electron chi connectivity index (χ4n) is 1.81. The Morgan fingerprint density at radius 3 is 2.65 bits per heavy atom. The van der Waals surface area contributed by atoms with Gasteiger partial charge in [-0.25, -0.2) is 0 Å². The Morgan fingerprint density at radius 2 is 2.06 bits per heavy atom. The lowest BCUT2D eigenvalue weighted by atomic mass is 10.2. The summed E-state index contributed by atoms with van der Waals surface area (Å²) in [5.74, 6) is 1.04. The zero-order valence-electron chi connectivity index (χ0n) is 10.0. The van der Waals surface area contributed by atoms with Crippen molar-refractivity contribution in [3.05, 3.63) is 35.0 Å². The molecule has 0 fully saturated rings. The molecule has 0 spiro atoms. The summed E-state index contributed by atoms with van der Waals surface area (Å²) in [5, 5.41) is 2.11. The lowest BCUT2D eigenvalue weighted by Gasteiger charge is -1.99. The molecule has 0 atom stereocenters. The molecule has 1 heterocycles. The van der Waals surface area contributed by atoms with E-state index < -0.39 is 0 Å². The van der Waals surface area contributed by atoms with E-state index in [9.17, 15) is 0 Å². The van der Waals surface area contributed by atoms with Crippen LogP contribution >= 0.6 is 23.4 Å². The van der Waals surface area contributed by atoms with E-state index in [1.165, 1.54) is 16.5 Å². The maximum Gasteiger partial charge on any atom is 0.123 e. The van der Waals surface area contributed by atoms with Crippen LogP contribution in [-0.4, -0.2) is 22.7 Å². The van der Waals surface area contributed by atoms with Crippen LogP contribution in [0.5, 0.6) is 0 Å². The maximum absolute atomic E-state index is 6.07. The van der Waals surface area contributed by atoms with Crippen molar-refractivity contribution in [2.75, 3.05) is 18.8 Å². The van der Waals surface area contributed by atoms with Gasteiger partial charge in [0.2, 0.25) is 0 Å². The van der Waals surface area contributed by atoms with E-state index in [-0.39, 0.29) is 23.5 Å². The van der Waals surface area contributed by atoms with Gasteiger partial charge in [-0.1, -0.05) is 11.6 Å². The van der Waals surface area contributed by atoms with Gasteiger partial charge in [0.1, 0.15) is 12.5 Å². The van der Waals surface area contributed by atoms with Crippen LogP contribution in [0, 0.1) is 0 Å². The number of hydrogen-bond acceptors (Lipinski definition) is 1. The SMILES string of the molecule is CSCc1cn([S+](C)C)c2ccc(Cl)cc12.[Cl-]. The molecule has 0 aliphatic carbocycles. The Hall–Kier alpha value is 0.0400. The molecule has 0 unspecified atom stereocenters. The van der Waals surface area contributed by atoms with Gasteiger partial charge in [-0.3, -0.25) is 0 Å². The van der Waals surface area contributed by atoms with E-state index in [2.05, 4.69) is 41.1 Å². The summed E-state index contributed by atoms with van der Waals surface area (Å²) in [6, 6.07) is 6.16. The van der Waals surface area contributed by atoms with Gasteiger partial charge in [-0.05, 0) is 30.0 Å². The van der Waals surface area contributed by atoms with Crippen LogP contribution < -0.4 is 12.4 Å². The van der Waals surface area contributed by atoms with E-state index in [0.717, 1.165) is 10.8 Å². The largest absolute Gasteiger partial charge is 1.00 e. The first-order chi connectivity index (χ1) is 7.63. The van der Waals surface area contributed by atoms with Gasteiger partial charge in [0.15, 0.2) is 0 Å². The smallest absolute Gasteiger partial charge is 0.123 e. The summed E-state index contributed by atoms with van der Waals surface area (Å²) >= 11 is 8.13. The molecule has 0 aliphatic heterocycles. The molecular formula is C12H15Cl2NS2. The molecule has 0 saturated heterocycles. The van der Waals surface area contributed by atoms with Crippen molar-refractivity contribution in [2.45, 2.75) is 5.75 Å². The fraction of sp³-hybridized carbons (Fsp3) is 0.333. The van der Waals surface area contributed by atoms with Crippen molar-refractivity contribution in [2.24, 2.45) is 0 Å². The lowest BCUT2D eigenvalue weighted by Crippen LogP contribution is -3.00. The molecule has 0 radical (unpaired) electrons. The van der Waals surface area contributed by atoms with Gasteiger partial charge < -0.3 is 12.4 Å². The summed E-state index contributed by atoms with van der Waals surface area (Å²) in [7, 11) is 0. The second kappa shape index (κ2) is 6.28. The van der Waals surface area contributed by atoms with E-state index >= 15 is 0 Å². The van der Waals surface area contributed by atoms with E-state index in [1.54, 1.807) is 0 Å². The van der Waals surface area contributed by atoms with Crippen LogP contribution in [0.1, 0.15) is 5.56 Å². The molecule has 1 aromatic heterocycles. The molecule has 5 heteroatoms. The Balaban J connectivity index is 0.00000144. The average Bonchev–Trinajstić information content (AvgIpc) is 2.58. The molecule has 17 heavy (non-hydrogen) atoms. The molecule has 2 rings (SSSR count). The monoisotopic (exact) mass is 307 g/mol. The van der Waals surface area contributed by atoms with Crippen molar-refractivity contribution >= 4 is 45.3 Å². The van der Waals surface area contributed by atoms with Gasteiger partial charge in [-0.2, -0.15) is 15.7 Å². The molecule has 0 N–H and O–H groups in total. The minimum absolute atomic E-state index is 0. The summed E-state index contributed by atoms with van der Waals surface area (Å²) in [4.78, 5) is 0.